The fourth-order valence-electron chi connectivity index (χ4n) is 3.83. The van der Waals surface area contributed by atoms with Crippen LogP contribution in [0, 0.1) is 12.8 Å². The number of aromatic nitrogens is 2. The molecule has 3 atom stereocenters. The SMILES string of the molecule is COc1cc(C)nc(N2CCCC2C2CCCCC2O)n1. The highest BCUT2D eigenvalue weighted by atomic mass is 16.5. The molecule has 0 spiro atoms. The largest absolute Gasteiger partial charge is 0.481 e. The Kier molecular flexibility index (Phi) is 4.29. The molecule has 0 aromatic carbocycles. The van der Waals surface area contributed by atoms with Crippen LogP contribution in [0.5, 0.6) is 5.88 Å². The minimum atomic E-state index is -0.170. The predicted molar refractivity (Wildman–Crippen MR) is 81.7 cm³/mol. The summed E-state index contributed by atoms with van der Waals surface area (Å²) in [5.74, 6) is 1.73. The third kappa shape index (κ3) is 2.98. The van der Waals surface area contributed by atoms with E-state index in [0.29, 0.717) is 17.8 Å². The van der Waals surface area contributed by atoms with Gasteiger partial charge in [0, 0.05) is 30.3 Å². The van der Waals surface area contributed by atoms with Crippen molar-refractivity contribution in [2.24, 2.45) is 5.92 Å². The summed E-state index contributed by atoms with van der Waals surface area (Å²) < 4.78 is 5.27. The van der Waals surface area contributed by atoms with Crippen LogP contribution >= 0.6 is 0 Å². The Balaban J connectivity index is 1.84. The smallest absolute Gasteiger partial charge is 0.229 e. The Bertz CT molecular complexity index is 494. The topological polar surface area (TPSA) is 58.5 Å². The molecule has 1 aliphatic carbocycles. The number of aliphatic hydroxyl groups is 1. The first-order chi connectivity index (χ1) is 10.2. The highest BCUT2D eigenvalue weighted by molar-refractivity contribution is 5.37. The summed E-state index contributed by atoms with van der Waals surface area (Å²) in [5, 5.41) is 10.4. The van der Waals surface area contributed by atoms with Crippen molar-refractivity contribution in [1.82, 2.24) is 9.97 Å². The van der Waals surface area contributed by atoms with Crippen molar-refractivity contribution in [2.75, 3.05) is 18.6 Å². The lowest BCUT2D eigenvalue weighted by molar-refractivity contribution is 0.0564. The van der Waals surface area contributed by atoms with E-state index in [1.54, 1.807) is 7.11 Å². The number of aryl methyl sites for hydroxylation is 1. The minimum Gasteiger partial charge on any atom is -0.481 e. The summed E-state index contributed by atoms with van der Waals surface area (Å²) in [4.78, 5) is 11.4. The van der Waals surface area contributed by atoms with E-state index < -0.39 is 0 Å². The van der Waals surface area contributed by atoms with Crippen LogP contribution in [0.4, 0.5) is 5.95 Å². The van der Waals surface area contributed by atoms with Crippen LogP contribution in [0.15, 0.2) is 6.07 Å². The molecule has 0 radical (unpaired) electrons. The first-order valence-electron chi connectivity index (χ1n) is 8.03. The Morgan fingerprint density at radius 1 is 1.19 bits per heavy atom. The van der Waals surface area contributed by atoms with Gasteiger partial charge in [0.1, 0.15) is 0 Å². The highest BCUT2D eigenvalue weighted by Gasteiger charge is 2.38. The van der Waals surface area contributed by atoms with E-state index in [4.69, 9.17) is 4.74 Å². The molecule has 2 heterocycles. The first-order valence-corrected chi connectivity index (χ1v) is 8.03. The third-order valence-corrected chi connectivity index (χ3v) is 4.86. The van der Waals surface area contributed by atoms with Crippen molar-refractivity contribution >= 4 is 5.95 Å². The summed E-state index contributed by atoms with van der Waals surface area (Å²) >= 11 is 0. The summed E-state index contributed by atoms with van der Waals surface area (Å²) in [7, 11) is 1.64. The van der Waals surface area contributed by atoms with E-state index in [9.17, 15) is 5.11 Å². The molecule has 1 saturated heterocycles. The number of anilines is 1. The van der Waals surface area contributed by atoms with Gasteiger partial charge in [-0.25, -0.2) is 4.98 Å². The van der Waals surface area contributed by atoms with Crippen molar-refractivity contribution < 1.29 is 9.84 Å². The Hall–Kier alpha value is -1.36. The second-order valence-electron chi connectivity index (χ2n) is 6.27. The molecular weight excluding hydrogens is 266 g/mol. The van der Waals surface area contributed by atoms with Gasteiger partial charge in [0.25, 0.3) is 0 Å². The zero-order valence-electron chi connectivity index (χ0n) is 13.0. The fraction of sp³-hybridized carbons (Fsp3) is 0.750. The lowest BCUT2D eigenvalue weighted by Gasteiger charge is -2.37. The van der Waals surface area contributed by atoms with E-state index in [2.05, 4.69) is 14.9 Å². The van der Waals surface area contributed by atoms with Crippen LogP contribution in [-0.2, 0) is 0 Å². The molecule has 21 heavy (non-hydrogen) atoms. The van der Waals surface area contributed by atoms with Gasteiger partial charge in [0.15, 0.2) is 0 Å². The predicted octanol–water partition coefficient (Wildman–Crippen LogP) is 2.31. The van der Waals surface area contributed by atoms with Gasteiger partial charge in [-0.2, -0.15) is 4.98 Å². The lowest BCUT2D eigenvalue weighted by atomic mass is 9.80. The quantitative estimate of drug-likeness (QED) is 0.926. The molecule has 3 rings (SSSR count). The van der Waals surface area contributed by atoms with Gasteiger partial charge in [-0.15, -0.1) is 0 Å². The van der Waals surface area contributed by atoms with Gasteiger partial charge < -0.3 is 14.7 Å². The molecule has 0 bridgehead atoms. The number of hydrogen-bond acceptors (Lipinski definition) is 5. The number of ether oxygens (including phenoxy) is 1. The first kappa shape index (κ1) is 14.6. The van der Waals surface area contributed by atoms with Crippen LogP contribution in [0.3, 0.4) is 0 Å². The average Bonchev–Trinajstić information content (AvgIpc) is 2.96. The van der Waals surface area contributed by atoms with Gasteiger partial charge in [0.2, 0.25) is 11.8 Å². The van der Waals surface area contributed by atoms with E-state index >= 15 is 0 Å². The van der Waals surface area contributed by atoms with Crippen molar-refractivity contribution in [2.45, 2.75) is 57.6 Å². The van der Waals surface area contributed by atoms with Crippen LogP contribution in [-0.4, -0.2) is 40.9 Å². The summed E-state index contributed by atoms with van der Waals surface area (Å²) in [6.45, 7) is 2.94. The number of methoxy groups -OCH3 is 1. The van der Waals surface area contributed by atoms with Gasteiger partial charge in [-0.1, -0.05) is 12.8 Å². The maximum Gasteiger partial charge on any atom is 0.229 e. The Morgan fingerprint density at radius 2 is 2.00 bits per heavy atom. The number of nitrogens with zero attached hydrogens (tertiary/aromatic N) is 3. The van der Waals surface area contributed by atoms with Gasteiger partial charge in [-0.05, 0) is 32.6 Å². The summed E-state index contributed by atoms with van der Waals surface area (Å²) in [6.07, 6.45) is 6.53. The van der Waals surface area contributed by atoms with Gasteiger partial charge in [-0.3, -0.25) is 0 Å². The number of aliphatic hydroxyl groups excluding tert-OH is 1. The standard InChI is InChI=1S/C16H25N3O2/c1-11-10-15(21-2)18-16(17-11)19-9-5-7-13(19)12-6-3-4-8-14(12)20/h10,12-14,20H,3-9H2,1-2H3. The molecule has 0 amide bonds. The monoisotopic (exact) mass is 291 g/mol. The second-order valence-corrected chi connectivity index (χ2v) is 6.27. The molecule has 5 heteroatoms. The molecule has 1 aromatic heterocycles. The van der Waals surface area contributed by atoms with Gasteiger partial charge in [0.05, 0.1) is 13.2 Å². The van der Waals surface area contributed by atoms with Crippen molar-refractivity contribution in [1.29, 1.82) is 0 Å². The molecule has 3 unspecified atom stereocenters. The average molecular weight is 291 g/mol. The minimum absolute atomic E-state index is 0.170. The summed E-state index contributed by atoms with van der Waals surface area (Å²) in [6, 6.07) is 2.22. The molecule has 5 nitrogen and oxygen atoms in total. The highest BCUT2D eigenvalue weighted by Crippen LogP contribution is 2.36. The normalized spacial score (nSPS) is 29.7. The van der Waals surface area contributed by atoms with Crippen molar-refractivity contribution in [3.05, 3.63) is 11.8 Å². The van der Waals surface area contributed by atoms with Crippen LogP contribution in [0.1, 0.15) is 44.2 Å². The van der Waals surface area contributed by atoms with E-state index in [0.717, 1.165) is 50.3 Å². The number of rotatable bonds is 3. The Morgan fingerprint density at radius 3 is 2.76 bits per heavy atom. The van der Waals surface area contributed by atoms with Crippen LogP contribution < -0.4 is 9.64 Å². The lowest BCUT2D eigenvalue weighted by Crippen LogP contribution is -2.43. The van der Waals surface area contributed by atoms with Gasteiger partial charge >= 0.3 is 0 Å². The fourth-order valence-corrected chi connectivity index (χ4v) is 3.83. The zero-order valence-corrected chi connectivity index (χ0v) is 13.0. The second kappa shape index (κ2) is 6.18. The van der Waals surface area contributed by atoms with Crippen molar-refractivity contribution in [3.8, 4) is 5.88 Å². The molecular formula is C16H25N3O2. The van der Waals surface area contributed by atoms with E-state index in [-0.39, 0.29) is 6.10 Å². The maximum absolute atomic E-state index is 10.4. The molecule has 2 fully saturated rings. The third-order valence-electron chi connectivity index (χ3n) is 4.86. The molecule has 1 aliphatic heterocycles. The van der Waals surface area contributed by atoms with Crippen LogP contribution in [0.25, 0.3) is 0 Å². The van der Waals surface area contributed by atoms with Crippen LogP contribution in [0.2, 0.25) is 0 Å². The summed E-state index contributed by atoms with van der Waals surface area (Å²) in [5.41, 5.74) is 0.923. The molecule has 2 aliphatic rings. The number of hydrogen-bond donors (Lipinski definition) is 1. The molecule has 116 valence electrons. The van der Waals surface area contributed by atoms with E-state index in [1.807, 2.05) is 13.0 Å². The molecule has 1 aromatic rings. The zero-order chi connectivity index (χ0) is 14.8. The van der Waals surface area contributed by atoms with Crippen molar-refractivity contribution in [3.63, 3.8) is 0 Å². The molecule has 1 N–H and O–H groups in total. The molecule has 1 saturated carbocycles. The Labute approximate surface area is 126 Å². The van der Waals surface area contributed by atoms with E-state index in [1.165, 1.54) is 6.42 Å². The maximum atomic E-state index is 10.4.